The largest absolute Gasteiger partial charge is 0.345 e. The highest BCUT2D eigenvalue weighted by Crippen LogP contribution is 2.20. The van der Waals surface area contributed by atoms with Crippen LogP contribution in [0.3, 0.4) is 0 Å². The minimum Gasteiger partial charge on any atom is -0.345 e. The van der Waals surface area contributed by atoms with E-state index in [-0.39, 0.29) is 0 Å². The topological polar surface area (TPSA) is 4.93 Å². The molecule has 0 aliphatic carbocycles. The summed E-state index contributed by atoms with van der Waals surface area (Å²) in [4.78, 5) is 0. The van der Waals surface area contributed by atoms with E-state index in [9.17, 15) is 0 Å². The fourth-order valence-corrected chi connectivity index (χ4v) is 1.95. The highest BCUT2D eigenvalue weighted by atomic mass is 15.0. The monoisotopic (exact) mass is 263 g/mol. The number of hydrogen-bond donors (Lipinski definition) is 0. The van der Waals surface area contributed by atoms with Crippen LogP contribution >= 0.6 is 0 Å². The lowest BCUT2D eigenvalue weighted by Gasteiger charge is -2.03. The summed E-state index contributed by atoms with van der Waals surface area (Å²) >= 11 is 0. The zero-order valence-electron chi connectivity index (χ0n) is 14.5. The SMILES string of the molecule is CC.CC.CC.CCn1c(C)cc2cc(C)ccc21. The first kappa shape index (κ1) is 20.1. The van der Waals surface area contributed by atoms with Crippen molar-refractivity contribution in [2.75, 3.05) is 0 Å². The van der Waals surface area contributed by atoms with Crippen molar-refractivity contribution in [3.05, 3.63) is 35.5 Å². The quantitative estimate of drug-likeness (QED) is 0.564. The van der Waals surface area contributed by atoms with Crippen LogP contribution < -0.4 is 0 Å². The zero-order chi connectivity index (χ0) is 15.4. The minimum absolute atomic E-state index is 1.05. The molecule has 0 aliphatic heterocycles. The molecule has 0 bridgehead atoms. The van der Waals surface area contributed by atoms with Crippen molar-refractivity contribution < 1.29 is 0 Å². The summed E-state index contributed by atoms with van der Waals surface area (Å²) < 4.78 is 2.34. The molecule has 0 radical (unpaired) electrons. The lowest BCUT2D eigenvalue weighted by Crippen LogP contribution is -1.95. The maximum Gasteiger partial charge on any atom is 0.0482 e. The number of aryl methyl sites for hydroxylation is 3. The van der Waals surface area contributed by atoms with Gasteiger partial charge < -0.3 is 4.57 Å². The number of fused-ring (bicyclic) bond motifs is 1. The molecule has 0 unspecified atom stereocenters. The Labute approximate surface area is 120 Å². The van der Waals surface area contributed by atoms with Crippen molar-refractivity contribution >= 4 is 10.9 Å². The lowest BCUT2D eigenvalue weighted by molar-refractivity contribution is 0.769. The van der Waals surface area contributed by atoms with Gasteiger partial charge in [0.05, 0.1) is 0 Å². The van der Waals surface area contributed by atoms with Crippen molar-refractivity contribution in [2.45, 2.75) is 68.9 Å². The van der Waals surface area contributed by atoms with Crippen molar-refractivity contribution in [3.63, 3.8) is 0 Å². The number of rotatable bonds is 1. The van der Waals surface area contributed by atoms with Crippen LogP contribution in [0, 0.1) is 13.8 Å². The maximum absolute atomic E-state index is 2.34. The highest BCUT2D eigenvalue weighted by Gasteiger charge is 2.02. The smallest absolute Gasteiger partial charge is 0.0482 e. The van der Waals surface area contributed by atoms with Gasteiger partial charge in [0.15, 0.2) is 0 Å². The molecule has 2 rings (SSSR count). The van der Waals surface area contributed by atoms with Gasteiger partial charge in [-0.25, -0.2) is 0 Å². The molecular weight excluding hydrogens is 230 g/mol. The Kier molecular flexibility index (Phi) is 12.5. The van der Waals surface area contributed by atoms with E-state index in [0.29, 0.717) is 0 Å². The molecule has 0 saturated carbocycles. The van der Waals surface area contributed by atoms with E-state index in [2.05, 4.69) is 49.6 Å². The molecule has 0 fully saturated rings. The van der Waals surface area contributed by atoms with Crippen LogP contribution in [0.1, 0.15) is 59.7 Å². The summed E-state index contributed by atoms with van der Waals surface area (Å²) in [5.74, 6) is 0. The number of aromatic nitrogens is 1. The number of benzene rings is 1. The Balaban J connectivity index is 0. The third kappa shape index (κ3) is 5.50. The van der Waals surface area contributed by atoms with Crippen LogP contribution in [0.5, 0.6) is 0 Å². The van der Waals surface area contributed by atoms with Crippen molar-refractivity contribution in [1.82, 2.24) is 4.57 Å². The molecule has 0 atom stereocenters. The molecule has 1 aromatic carbocycles. The van der Waals surface area contributed by atoms with E-state index in [1.807, 2.05) is 41.5 Å². The molecule has 1 heterocycles. The third-order valence-corrected chi connectivity index (χ3v) is 2.58. The van der Waals surface area contributed by atoms with E-state index in [1.165, 1.54) is 22.2 Å². The molecule has 110 valence electrons. The van der Waals surface area contributed by atoms with Gasteiger partial charge in [0.1, 0.15) is 0 Å². The minimum atomic E-state index is 1.05. The second kappa shape index (κ2) is 11.8. The second-order valence-corrected chi connectivity index (χ2v) is 3.59. The van der Waals surface area contributed by atoms with Gasteiger partial charge >= 0.3 is 0 Å². The van der Waals surface area contributed by atoms with Gasteiger partial charge in [-0.3, -0.25) is 0 Å². The molecule has 1 heteroatoms. The first-order chi connectivity index (χ1) is 9.22. The van der Waals surface area contributed by atoms with Crippen LogP contribution in [0.2, 0.25) is 0 Å². The van der Waals surface area contributed by atoms with Crippen molar-refractivity contribution in [1.29, 1.82) is 0 Å². The molecule has 19 heavy (non-hydrogen) atoms. The van der Waals surface area contributed by atoms with Gasteiger partial charge in [-0.1, -0.05) is 53.2 Å². The van der Waals surface area contributed by atoms with Crippen molar-refractivity contribution in [2.24, 2.45) is 0 Å². The first-order valence-corrected chi connectivity index (χ1v) is 7.79. The molecule has 2 aromatic rings. The van der Waals surface area contributed by atoms with Crippen LogP contribution in [0.4, 0.5) is 0 Å². The zero-order valence-corrected chi connectivity index (χ0v) is 14.5. The van der Waals surface area contributed by atoms with Gasteiger partial charge in [0, 0.05) is 23.1 Å². The van der Waals surface area contributed by atoms with Crippen LogP contribution in [0.25, 0.3) is 10.9 Å². The molecule has 1 aromatic heterocycles. The van der Waals surface area contributed by atoms with Gasteiger partial charge in [-0.15, -0.1) is 0 Å². The Morgan fingerprint density at radius 2 is 1.37 bits per heavy atom. The van der Waals surface area contributed by atoms with Gasteiger partial charge in [-0.05, 0) is 39.0 Å². The van der Waals surface area contributed by atoms with E-state index in [1.54, 1.807) is 0 Å². The summed E-state index contributed by atoms with van der Waals surface area (Å²) in [6.07, 6.45) is 0. The molecule has 0 aliphatic rings. The number of hydrogen-bond acceptors (Lipinski definition) is 0. The second-order valence-electron chi connectivity index (χ2n) is 3.59. The average Bonchev–Trinajstić information content (AvgIpc) is 2.79. The number of nitrogens with zero attached hydrogens (tertiary/aromatic N) is 1. The van der Waals surface area contributed by atoms with Gasteiger partial charge in [0.2, 0.25) is 0 Å². The Hall–Kier alpha value is -1.24. The lowest BCUT2D eigenvalue weighted by atomic mass is 10.2. The van der Waals surface area contributed by atoms with E-state index < -0.39 is 0 Å². The molecular formula is C18H33N. The van der Waals surface area contributed by atoms with E-state index in [0.717, 1.165) is 6.54 Å². The third-order valence-electron chi connectivity index (χ3n) is 2.58. The molecule has 0 N–H and O–H groups in total. The maximum atomic E-state index is 2.34. The summed E-state index contributed by atoms with van der Waals surface area (Å²) in [6, 6.07) is 8.88. The Morgan fingerprint density at radius 1 is 0.842 bits per heavy atom. The highest BCUT2D eigenvalue weighted by molar-refractivity contribution is 5.82. The molecule has 0 amide bonds. The van der Waals surface area contributed by atoms with Gasteiger partial charge in [0.25, 0.3) is 0 Å². The summed E-state index contributed by atoms with van der Waals surface area (Å²) in [7, 11) is 0. The van der Waals surface area contributed by atoms with Crippen LogP contribution in [-0.2, 0) is 6.54 Å². The Morgan fingerprint density at radius 3 is 1.84 bits per heavy atom. The predicted molar refractivity (Wildman–Crippen MR) is 91.1 cm³/mol. The standard InChI is InChI=1S/C12H15N.3C2H6/c1-4-13-10(3)8-11-7-9(2)5-6-12(11)13;3*1-2/h5-8H,4H2,1-3H3;3*1-2H3. The fourth-order valence-electron chi connectivity index (χ4n) is 1.95. The van der Waals surface area contributed by atoms with Gasteiger partial charge in [-0.2, -0.15) is 0 Å². The molecule has 0 spiro atoms. The predicted octanol–water partition coefficient (Wildman–Crippen LogP) is 6.36. The van der Waals surface area contributed by atoms with Crippen LogP contribution in [-0.4, -0.2) is 4.57 Å². The van der Waals surface area contributed by atoms with E-state index >= 15 is 0 Å². The summed E-state index contributed by atoms with van der Waals surface area (Å²) in [5, 5.41) is 1.36. The normalized spacial score (nSPS) is 8.47. The Bertz CT molecular complexity index is 438. The molecule has 1 nitrogen and oxygen atoms in total. The summed E-state index contributed by atoms with van der Waals surface area (Å²) in [6.45, 7) is 19.5. The van der Waals surface area contributed by atoms with Crippen LogP contribution in [0.15, 0.2) is 24.3 Å². The average molecular weight is 263 g/mol. The molecule has 0 saturated heterocycles. The fraction of sp³-hybridized carbons (Fsp3) is 0.556. The first-order valence-electron chi connectivity index (χ1n) is 7.79. The van der Waals surface area contributed by atoms with Crippen molar-refractivity contribution in [3.8, 4) is 0 Å². The summed E-state index contributed by atoms with van der Waals surface area (Å²) in [5.41, 5.74) is 4.04. The van der Waals surface area contributed by atoms with E-state index in [4.69, 9.17) is 0 Å².